The van der Waals surface area contributed by atoms with Crippen molar-refractivity contribution in [2.24, 2.45) is 0 Å². The number of nitrogens with zero attached hydrogens (tertiary/aromatic N) is 6. The first-order chi connectivity index (χ1) is 19.1. The Morgan fingerprint density at radius 1 is 0.974 bits per heavy atom. The molecule has 39 heavy (non-hydrogen) atoms. The van der Waals surface area contributed by atoms with Crippen molar-refractivity contribution in [3.05, 3.63) is 64.2 Å². The van der Waals surface area contributed by atoms with Gasteiger partial charge in [-0.25, -0.2) is 4.68 Å². The summed E-state index contributed by atoms with van der Waals surface area (Å²) in [5, 5.41) is 23.5. The molecule has 0 radical (unpaired) electrons. The van der Waals surface area contributed by atoms with Crippen molar-refractivity contribution in [1.29, 1.82) is 0 Å². The zero-order chi connectivity index (χ0) is 26.9. The molecule has 1 saturated heterocycles. The van der Waals surface area contributed by atoms with Gasteiger partial charge in [-0.05, 0) is 59.7 Å². The summed E-state index contributed by atoms with van der Waals surface area (Å²) in [5.41, 5.74) is 2.15. The van der Waals surface area contributed by atoms with Crippen LogP contribution in [0.15, 0.2) is 47.3 Å². The maximum atomic E-state index is 13.7. The molecule has 0 spiro atoms. The zero-order valence-electron chi connectivity index (χ0n) is 22.2. The molecule has 11 nitrogen and oxygen atoms in total. The molecule has 2 aromatic carbocycles. The first-order valence-corrected chi connectivity index (χ1v) is 13.4. The van der Waals surface area contributed by atoms with Gasteiger partial charge in [-0.3, -0.25) is 9.69 Å². The first-order valence-electron chi connectivity index (χ1n) is 13.4. The predicted molar refractivity (Wildman–Crippen MR) is 147 cm³/mol. The topological polar surface area (TPSA) is 122 Å². The molecule has 1 aliphatic carbocycles. The normalized spacial score (nSPS) is 17.5. The Balaban J connectivity index is 1.40. The van der Waals surface area contributed by atoms with Crippen LogP contribution >= 0.6 is 0 Å². The number of piperazine rings is 1. The number of aromatic nitrogens is 5. The summed E-state index contributed by atoms with van der Waals surface area (Å²) in [7, 11) is 3.18. The lowest BCUT2D eigenvalue weighted by Gasteiger charge is -2.39. The van der Waals surface area contributed by atoms with Gasteiger partial charge >= 0.3 is 0 Å². The molecule has 1 atom stereocenters. The average molecular weight is 532 g/mol. The number of tetrazole rings is 1. The Morgan fingerprint density at radius 2 is 1.67 bits per heavy atom. The molecular weight excluding hydrogens is 498 g/mol. The molecule has 0 bridgehead atoms. The number of aromatic hydroxyl groups is 1. The van der Waals surface area contributed by atoms with Gasteiger partial charge in [-0.15, -0.1) is 5.10 Å². The van der Waals surface area contributed by atoms with Crippen LogP contribution in [-0.4, -0.2) is 75.6 Å². The molecule has 4 aromatic rings. The van der Waals surface area contributed by atoms with E-state index in [2.05, 4.69) is 30.3 Å². The van der Waals surface area contributed by atoms with E-state index in [0.717, 1.165) is 49.8 Å². The summed E-state index contributed by atoms with van der Waals surface area (Å²) in [6, 6.07) is 12.7. The highest BCUT2D eigenvalue weighted by atomic mass is 16.5. The van der Waals surface area contributed by atoms with E-state index in [9.17, 15) is 9.90 Å². The van der Waals surface area contributed by atoms with Crippen LogP contribution in [-0.2, 0) is 0 Å². The highest BCUT2D eigenvalue weighted by Crippen LogP contribution is 2.36. The average Bonchev–Trinajstić information content (AvgIpc) is 3.66. The molecule has 2 fully saturated rings. The molecule has 2 N–H and O–H groups in total. The maximum Gasteiger partial charge on any atom is 0.253 e. The zero-order valence-corrected chi connectivity index (χ0v) is 22.2. The van der Waals surface area contributed by atoms with Crippen LogP contribution in [0.1, 0.15) is 49.2 Å². The quantitative estimate of drug-likeness (QED) is 0.370. The van der Waals surface area contributed by atoms with Crippen molar-refractivity contribution in [2.75, 3.05) is 45.3 Å². The first kappa shape index (κ1) is 25.2. The van der Waals surface area contributed by atoms with Crippen LogP contribution in [0.25, 0.3) is 10.9 Å². The summed E-state index contributed by atoms with van der Waals surface area (Å²) in [6.45, 7) is 2.96. The number of pyridine rings is 1. The second-order valence-electron chi connectivity index (χ2n) is 10.2. The van der Waals surface area contributed by atoms with E-state index in [1.54, 1.807) is 32.4 Å². The minimum absolute atomic E-state index is 0.179. The number of H-pyrrole nitrogens is 1. The number of nitrogens with one attached hydrogen (secondary N) is 1. The summed E-state index contributed by atoms with van der Waals surface area (Å²) < 4.78 is 12.9. The maximum absolute atomic E-state index is 13.7. The van der Waals surface area contributed by atoms with E-state index in [0.29, 0.717) is 41.5 Å². The summed E-state index contributed by atoms with van der Waals surface area (Å²) in [6.07, 6.45) is 4.37. The number of fused-ring (bicyclic) bond motifs is 1. The fraction of sp³-hybridized carbons (Fsp3) is 0.429. The van der Waals surface area contributed by atoms with Gasteiger partial charge in [-0.1, -0.05) is 12.8 Å². The van der Waals surface area contributed by atoms with E-state index >= 15 is 0 Å². The van der Waals surface area contributed by atoms with E-state index in [-0.39, 0.29) is 17.4 Å². The van der Waals surface area contributed by atoms with Gasteiger partial charge in [0.2, 0.25) is 0 Å². The third-order valence-corrected chi connectivity index (χ3v) is 8.00. The van der Waals surface area contributed by atoms with Gasteiger partial charge in [0.05, 0.1) is 25.8 Å². The van der Waals surface area contributed by atoms with Gasteiger partial charge in [0.15, 0.2) is 17.3 Å². The van der Waals surface area contributed by atoms with Crippen molar-refractivity contribution < 1.29 is 14.6 Å². The Kier molecular flexibility index (Phi) is 6.82. The van der Waals surface area contributed by atoms with Gasteiger partial charge < -0.3 is 24.5 Å². The van der Waals surface area contributed by atoms with E-state index in [4.69, 9.17) is 9.47 Å². The van der Waals surface area contributed by atoms with Crippen molar-refractivity contribution in [1.82, 2.24) is 30.1 Å². The number of hydrogen-bond acceptors (Lipinski definition) is 9. The van der Waals surface area contributed by atoms with E-state index in [1.165, 1.54) is 0 Å². The minimum atomic E-state index is -0.413. The molecule has 3 heterocycles. The number of phenols is 1. The fourth-order valence-electron chi connectivity index (χ4n) is 5.94. The molecule has 2 aromatic heterocycles. The third kappa shape index (κ3) is 4.78. The second-order valence-corrected chi connectivity index (χ2v) is 10.2. The number of hydrogen-bond donors (Lipinski definition) is 2. The van der Waals surface area contributed by atoms with E-state index < -0.39 is 6.04 Å². The number of benzene rings is 2. The second kappa shape index (κ2) is 10.6. The highest BCUT2D eigenvalue weighted by Gasteiger charge is 2.35. The van der Waals surface area contributed by atoms with Crippen LogP contribution in [0.3, 0.4) is 0 Å². The summed E-state index contributed by atoms with van der Waals surface area (Å²) in [5.74, 6) is 2.10. The van der Waals surface area contributed by atoms with E-state index in [1.807, 2.05) is 28.9 Å². The smallest absolute Gasteiger partial charge is 0.253 e. The Bertz CT molecular complexity index is 1500. The monoisotopic (exact) mass is 531 g/mol. The molecule has 1 aliphatic heterocycles. The number of aromatic amines is 1. The standard InChI is InChI=1S/C28H33N7O4/c1-38-24-16-18-15-22(28(37)29-23(18)17-25(24)39-2)26(27-30-31-32-35(27)20-5-3-4-6-20)34-13-11-33(12-14-34)19-7-9-21(36)10-8-19/h7-10,15-17,20,26,36H,3-6,11-14H2,1-2H3,(H,29,37)/t26-/m1/s1. The Labute approximate surface area is 226 Å². The van der Waals surface area contributed by atoms with Gasteiger partial charge in [-0.2, -0.15) is 0 Å². The minimum Gasteiger partial charge on any atom is -0.508 e. The van der Waals surface area contributed by atoms with Gasteiger partial charge in [0.25, 0.3) is 5.56 Å². The number of methoxy groups -OCH3 is 2. The Hall–Kier alpha value is -4.12. The SMILES string of the molecule is COc1cc2cc([C@H](c3nnnn3C3CCCC3)N3CCN(c4ccc(O)cc4)CC3)c(=O)[nH]c2cc1OC. The lowest BCUT2D eigenvalue weighted by atomic mass is 10.0. The van der Waals surface area contributed by atoms with Crippen LogP contribution in [0, 0.1) is 0 Å². The van der Waals surface area contributed by atoms with Crippen LogP contribution < -0.4 is 19.9 Å². The molecule has 6 rings (SSSR count). The molecule has 1 saturated carbocycles. The van der Waals surface area contributed by atoms with Crippen molar-refractivity contribution >= 4 is 16.6 Å². The van der Waals surface area contributed by atoms with Gasteiger partial charge in [0.1, 0.15) is 11.8 Å². The molecule has 2 aliphatic rings. The van der Waals surface area contributed by atoms with Crippen LogP contribution in [0.4, 0.5) is 5.69 Å². The summed E-state index contributed by atoms with van der Waals surface area (Å²) in [4.78, 5) is 21.3. The predicted octanol–water partition coefficient (Wildman–Crippen LogP) is 3.26. The van der Waals surface area contributed by atoms with Crippen molar-refractivity contribution in [2.45, 2.75) is 37.8 Å². The molecule has 11 heteroatoms. The largest absolute Gasteiger partial charge is 0.508 e. The highest BCUT2D eigenvalue weighted by molar-refractivity contribution is 5.83. The van der Waals surface area contributed by atoms with Gasteiger partial charge in [0, 0.05) is 48.9 Å². The lowest BCUT2D eigenvalue weighted by Crippen LogP contribution is -2.49. The molecular formula is C28H33N7O4. The number of ether oxygens (including phenoxy) is 2. The summed E-state index contributed by atoms with van der Waals surface area (Å²) >= 11 is 0. The number of rotatable bonds is 7. The fourth-order valence-corrected chi connectivity index (χ4v) is 5.94. The lowest BCUT2D eigenvalue weighted by molar-refractivity contribution is 0.197. The number of phenolic OH excluding ortho intramolecular Hbond substituents is 1. The molecule has 0 unspecified atom stereocenters. The Morgan fingerprint density at radius 3 is 2.36 bits per heavy atom. The van der Waals surface area contributed by atoms with Crippen LogP contribution in [0.5, 0.6) is 17.2 Å². The van der Waals surface area contributed by atoms with Crippen molar-refractivity contribution in [3.8, 4) is 17.2 Å². The molecule has 0 amide bonds. The third-order valence-electron chi connectivity index (χ3n) is 8.00. The van der Waals surface area contributed by atoms with Crippen molar-refractivity contribution in [3.63, 3.8) is 0 Å². The van der Waals surface area contributed by atoms with Crippen LogP contribution in [0.2, 0.25) is 0 Å². The molecule has 204 valence electrons. The number of anilines is 1.